The quantitative estimate of drug-likeness (QED) is 0.827. The van der Waals surface area contributed by atoms with E-state index in [-0.39, 0.29) is 12.0 Å². The van der Waals surface area contributed by atoms with Crippen molar-refractivity contribution in [2.24, 2.45) is 0 Å². The van der Waals surface area contributed by atoms with Crippen molar-refractivity contribution in [2.45, 2.75) is 30.3 Å². The topological polar surface area (TPSA) is 66.9 Å². The van der Waals surface area contributed by atoms with Crippen LogP contribution in [0.25, 0.3) is 0 Å². The van der Waals surface area contributed by atoms with Crippen molar-refractivity contribution in [1.82, 2.24) is 9.21 Å². The first-order valence-corrected chi connectivity index (χ1v) is 9.48. The van der Waals surface area contributed by atoms with Gasteiger partial charge in [0, 0.05) is 32.8 Å². The van der Waals surface area contributed by atoms with Gasteiger partial charge in [-0.15, -0.1) is 0 Å². The van der Waals surface area contributed by atoms with Gasteiger partial charge in [-0.1, -0.05) is 18.2 Å². The van der Waals surface area contributed by atoms with Crippen LogP contribution in [0.1, 0.15) is 19.3 Å². The maximum absolute atomic E-state index is 12.7. The van der Waals surface area contributed by atoms with Crippen LogP contribution in [0.2, 0.25) is 0 Å². The van der Waals surface area contributed by atoms with Crippen LogP contribution in [0.4, 0.5) is 0 Å². The maximum atomic E-state index is 12.7. The third-order valence-electron chi connectivity index (χ3n) is 4.35. The number of hydrogen-bond acceptors (Lipinski definition) is 4. The lowest BCUT2D eigenvalue weighted by molar-refractivity contribution is -0.140. The lowest BCUT2D eigenvalue weighted by atomic mass is 10.2. The summed E-state index contributed by atoms with van der Waals surface area (Å²) in [5, 5.41) is 0. The molecule has 1 amide bonds. The van der Waals surface area contributed by atoms with Gasteiger partial charge >= 0.3 is 0 Å². The van der Waals surface area contributed by atoms with Crippen LogP contribution in [0.3, 0.4) is 0 Å². The van der Waals surface area contributed by atoms with Crippen molar-refractivity contribution < 1.29 is 17.9 Å². The van der Waals surface area contributed by atoms with Crippen LogP contribution in [-0.4, -0.2) is 62.4 Å². The summed E-state index contributed by atoms with van der Waals surface area (Å²) in [6, 6.07) is 8.45. The molecule has 1 aromatic carbocycles. The normalized spacial score (nSPS) is 23.7. The molecule has 2 fully saturated rings. The smallest absolute Gasteiger partial charge is 0.251 e. The third-order valence-corrected chi connectivity index (χ3v) is 6.27. The van der Waals surface area contributed by atoms with Crippen LogP contribution in [-0.2, 0) is 19.6 Å². The second-order valence-corrected chi connectivity index (χ2v) is 7.84. The average Bonchev–Trinajstić information content (AvgIpc) is 2.99. The first-order valence-electron chi connectivity index (χ1n) is 8.04. The number of rotatable bonds is 3. The molecule has 0 aromatic heterocycles. The van der Waals surface area contributed by atoms with E-state index in [1.165, 1.54) is 4.31 Å². The fourth-order valence-corrected chi connectivity index (χ4v) is 4.56. The molecule has 1 aromatic rings. The molecule has 2 heterocycles. The Bertz CT molecular complexity index is 641. The van der Waals surface area contributed by atoms with E-state index in [2.05, 4.69) is 0 Å². The standard InChI is InChI=1S/C16H22N2O4S/c19-16(15-8-4-13-22-15)17-9-5-10-18(12-11-17)23(20,21)14-6-2-1-3-7-14/h1-3,6-7,15H,4-5,8-13H2. The summed E-state index contributed by atoms with van der Waals surface area (Å²) in [6.07, 6.45) is 1.98. The molecule has 1 atom stereocenters. The molecule has 0 N–H and O–H groups in total. The highest BCUT2D eigenvalue weighted by Gasteiger charge is 2.32. The van der Waals surface area contributed by atoms with Crippen LogP contribution in [0, 0.1) is 0 Å². The zero-order valence-electron chi connectivity index (χ0n) is 13.1. The molecule has 0 radical (unpaired) electrons. The van der Waals surface area contributed by atoms with Gasteiger partial charge in [0.15, 0.2) is 0 Å². The lowest BCUT2D eigenvalue weighted by Crippen LogP contribution is -2.41. The average molecular weight is 338 g/mol. The SMILES string of the molecule is O=C(C1CCCO1)N1CCCN(S(=O)(=O)c2ccccc2)CC1. The molecule has 2 aliphatic heterocycles. The Kier molecular flexibility index (Phi) is 4.99. The highest BCUT2D eigenvalue weighted by Crippen LogP contribution is 2.19. The van der Waals surface area contributed by atoms with Gasteiger partial charge in [-0.3, -0.25) is 4.79 Å². The molecule has 7 heteroatoms. The van der Waals surface area contributed by atoms with Crippen molar-refractivity contribution in [3.63, 3.8) is 0 Å². The first kappa shape index (κ1) is 16.4. The summed E-state index contributed by atoms with van der Waals surface area (Å²) >= 11 is 0. The summed E-state index contributed by atoms with van der Waals surface area (Å²) in [5.41, 5.74) is 0. The maximum Gasteiger partial charge on any atom is 0.251 e. The summed E-state index contributed by atoms with van der Waals surface area (Å²) in [6.45, 7) is 2.41. The Labute approximate surface area is 137 Å². The van der Waals surface area contributed by atoms with Crippen LogP contribution in [0.15, 0.2) is 35.2 Å². The third kappa shape index (κ3) is 3.57. The Morgan fingerprint density at radius 2 is 1.83 bits per heavy atom. The van der Waals surface area contributed by atoms with Gasteiger partial charge in [0.05, 0.1) is 4.90 Å². The predicted molar refractivity (Wildman–Crippen MR) is 85.4 cm³/mol. The number of carbonyl (C=O) groups is 1. The van der Waals surface area contributed by atoms with Gasteiger partial charge in [-0.05, 0) is 31.4 Å². The van der Waals surface area contributed by atoms with E-state index in [4.69, 9.17) is 4.74 Å². The number of sulfonamides is 1. The molecule has 0 spiro atoms. The lowest BCUT2D eigenvalue weighted by Gasteiger charge is -2.24. The van der Waals surface area contributed by atoms with Gasteiger partial charge in [-0.2, -0.15) is 4.31 Å². The Hall–Kier alpha value is -1.44. The fraction of sp³-hybridized carbons (Fsp3) is 0.562. The second kappa shape index (κ2) is 6.98. The molecule has 0 bridgehead atoms. The molecule has 2 aliphatic rings. The number of benzene rings is 1. The Morgan fingerprint density at radius 1 is 1.04 bits per heavy atom. The van der Waals surface area contributed by atoms with E-state index in [1.54, 1.807) is 35.2 Å². The molecule has 3 rings (SSSR count). The molecule has 1 unspecified atom stereocenters. The van der Waals surface area contributed by atoms with Gasteiger partial charge in [0.1, 0.15) is 6.10 Å². The zero-order valence-corrected chi connectivity index (χ0v) is 13.9. The fourth-order valence-electron chi connectivity index (χ4n) is 3.07. The molecule has 2 saturated heterocycles. The van der Waals surface area contributed by atoms with Crippen molar-refractivity contribution in [3.8, 4) is 0 Å². The van der Waals surface area contributed by atoms with Crippen LogP contribution >= 0.6 is 0 Å². The second-order valence-electron chi connectivity index (χ2n) is 5.90. The van der Waals surface area contributed by atoms with Crippen molar-refractivity contribution in [1.29, 1.82) is 0 Å². The van der Waals surface area contributed by atoms with E-state index in [0.29, 0.717) is 44.1 Å². The minimum absolute atomic E-state index is 0.00135. The Morgan fingerprint density at radius 3 is 2.52 bits per heavy atom. The molecule has 0 aliphatic carbocycles. The monoisotopic (exact) mass is 338 g/mol. The Balaban J connectivity index is 1.67. The van der Waals surface area contributed by atoms with E-state index >= 15 is 0 Å². The van der Waals surface area contributed by atoms with Crippen LogP contribution in [0.5, 0.6) is 0 Å². The highest BCUT2D eigenvalue weighted by molar-refractivity contribution is 7.89. The summed E-state index contributed by atoms with van der Waals surface area (Å²) < 4.78 is 32.3. The largest absolute Gasteiger partial charge is 0.368 e. The highest BCUT2D eigenvalue weighted by atomic mass is 32.2. The van der Waals surface area contributed by atoms with E-state index < -0.39 is 10.0 Å². The molecular formula is C16H22N2O4S. The molecule has 23 heavy (non-hydrogen) atoms. The molecule has 6 nitrogen and oxygen atoms in total. The number of carbonyl (C=O) groups excluding carboxylic acids is 1. The van der Waals surface area contributed by atoms with Crippen molar-refractivity contribution in [2.75, 3.05) is 32.8 Å². The van der Waals surface area contributed by atoms with Crippen molar-refractivity contribution >= 4 is 15.9 Å². The van der Waals surface area contributed by atoms with E-state index in [1.807, 2.05) is 0 Å². The van der Waals surface area contributed by atoms with E-state index in [0.717, 1.165) is 12.8 Å². The van der Waals surface area contributed by atoms with Crippen LogP contribution < -0.4 is 0 Å². The minimum Gasteiger partial charge on any atom is -0.368 e. The van der Waals surface area contributed by atoms with Gasteiger partial charge in [0.25, 0.3) is 5.91 Å². The number of amides is 1. The molecule has 126 valence electrons. The van der Waals surface area contributed by atoms with E-state index in [9.17, 15) is 13.2 Å². The summed E-state index contributed by atoms with van der Waals surface area (Å²) in [7, 11) is -3.49. The number of nitrogens with zero attached hydrogens (tertiary/aromatic N) is 2. The minimum atomic E-state index is -3.49. The van der Waals surface area contributed by atoms with Gasteiger partial charge < -0.3 is 9.64 Å². The van der Waals surface area contributed by atoms with Gasteiger partial charge in [-0.25, -0.2) is 8.42 Å². The zero-order chi connectivity index (χ0) is 16.3. The van der Waals surface area contributed by atoms with Crippen molar-refractivity contribution in [3.05, 3.63) is 30.3 Å². The summed E-state index contributed by atoms with van der Waals surface area (Å²) in [5.74, 6) is 0.00135. The molecular weight excluding hydrogens is 316 g/mol. The van der Waals surface area contributed by atoms with Gasteiger partial charge in [0.2, 0.25) is 10.0 Å². The number of ether oxygens (including phenoxy) is 1. The predicted octanol–water partition coefficient (Wildman–Crippen LogP) is 1.09. The number of hydrogen-bond donors (Lipinski definition) is 0. The molecule has 0 saturated carbocycles. The first-order chi connectivity index (χ1) is 11.1. The summed E-state index contributed by atoms with van der Waals surface area (Å²) in [4.78, 5) is 14.5.